The van der Waals surface area contributed by atoms with Crippen molar-refractivity contribution >= 4 is 36.0 Å². The van der Waals surface area contributed by atoms with Gasteiger partial charge >= 0.3 is 0 Å². The van der Waals surface area contributed by atoms with Crippen LogP contribution in [0.25, 0.3) is 17.3 Å². The minimum absolute atomic E-state index is 0.0377. The minimum Gasteiger partial charge on any atom is -0.394 e. The number of nitrogens with zero attached hydrogens (tertiary/aromatic N) is 2. The van der Waals surface area contributed by atoms with Crippen molar-refractivity contribution in [3.63, 3.8) is 0 Å². The lowest BCUT2D eigenvalue weighted by Crippen LogP contribution is -2.15. The molecule has 1 aromatic carbocycles. The van der Waals surface area contributed by atoms with Crippen LogP contribution in [-0.2, 0) is 0 Å². The molecule has 138 valence electrons. The Morgan fingerprint density at radius 2 is 2.07 bits per heavy atom. The summed E-state index contributed by atoms with van der Waals surface area (Å²) in [4.78, 5) is 11.8. The fourth-order valence-corrected chi connectivity index (χ4v) is 2.98. The molecule has 1 atom stereocenters. The molecule has 5 nitrogen and oxygen atoms in total. The largest absolute Gasteiger partial charge is 0.394 e. The molecule has 0 saturated heterocycles. The maximum atomic E-state index is 9.77. The normalized spacial score (nSPS) is 12.6. The molecule has 3 aromatic rings. The average molecular weight is 381 g/mol. The van der Waals surface area contributed by atoms with Crippen molar-refractivity contribution in [2.24, 2.45) is 4.99 Å². The molecule has 6 heteroatoms. The van der Waals surface area contributed by atoms with Crippen molar-refractivity contribution in [2.45, 2.75) is 13.0 Å². The lowest BCUT2D eigenvalue weighted by molar-refractivity contribution is 0.276. The van der Waals surface area contributed by atoms with Gasteiger partial charge < -0.3 is 15.4 Å². The molecule has 0 spiro atoms. The second-order valence-electron chi connectivity index (χ2n) is 6.05. The van der Waals surface area contributed by atoms with E-state index in [1.807, 2.05) is 67.7 Å². The third kappa shape index (κ3) is 4.45. The van der Waals surface area contributed by atoms with Crippen molar-refractivity contribution in [1.29, 1.82) is 0 Å². The Bertz CT molecular complexity index is 946. The number of aliphatic imine (C=N–C) groups is 1. The number of benzene rings is 1. The summed E-state index contributed by atoms with van der Waals surface area (Å²) < 4.78 is 0. The molecule has 0 aliphatic carbocycles. The van der Waals surface area contributed by atoms with Gasteiger partial charge in [-0.3, -0.25) is 0 Å². The quantitative estimate of drug-likeness (QED) is 0.496. The standard InChI is InChI=1S/C21H21ClN4O/c1-14(22)11-16-17(12-24-21(16)23-2)18-9-6-10-20(25-18)26-19(13-27)15-7-4-3-5-8-15/h3-12,19,24,27H,2,13H2,1H3,(H,25,26)/b14-11+/t19-/m1/s1. The molecule has 0 radical (unpaired) electrons. The van der Waals surface area contributed by atoms with Crippen LogP contribution in [0.2, 0.25) is 0 Å². The molecule has 2 heterocycles. The highest BCUT2D eigenvalue weighted by atomic mass is 35.5. The molecule has 0 bridgehead atoms. The zero-order valence-electron chi connectivity index (χ0n) is 15.0. The van der Waals surface area contributed by atoms with Crippen molar-refractivity contribution in [1.82, 2.24) is 9.97 Å². The van der Waals surface area contributed by atoms with E-state index in [0.717, 1.165) is 22.4 Å². The molecule has 27 heavy (non-hydrogen) atoms. The average Bonchev–Trinajstić information content (AvgIpc) is 3.09. The Labute approximate surface area is 163 Å². The Hall–Kier alpha value is -2.89. The van der Waals surface area contributed by atoms with Crippen LogP contribution in [-0.4, -0.2) is 28.4 Å². The summed E-state index contributed by atoms with van der Waals surface area (Å²) in [6, 6.07) is 15.2. The number of aromatic nitrogens is 2. The molecular formula is C21H21ClN4O. The fourth-order valence-electron chi connectivity index (χ4n) is 2.87. The molecule has 0 aliphatic heterocycles. The van der Waals surface area contributed by atoms with E-state index in [2.05, 4.69) is 22.0 Å². The topological polar surface area (TPSA) is 73.3 Å². The van der Waals surface area contributed by atoms with E-state index in [0.29, 0.717) is 16.7 Å². The number of aromatic amines is 1. The second-order valence-corrected chi connectivity index (χ2v) is 6.65. The highest BCUT2D eigenvalue weighted by Crippen LogP contribution is 2.33. The zero-order chi connectivity index (χ0) is 19.2. The summed E-state index contributed by atoms with van der Waals surface area (Å²) in [5.41, 5.74) is 3.47. The maximum absolute atomic E-state index is 9.77. The molecule has 0 unspecified atom stereocenters. The van der Waals surface area contributed by atoms with Crippen LogP contribution in [0.5, 0.6) is 0 Å². The van der Waals surface area contributed by atoms with Gasteiger partial charge in [-0.15, -0.1) is 0 Å². The minimum atomic E-state index is -0.241. The monoisotopic (exact) mass is 380 g/mol. The number of halogens is 1. The molecule has 3 N–H and O–H groups in total. The van der Waals surface area contributed by atoms with E-state index in [4.69, 9.17) is 16.6 Å². The number of hydrogen-bond acceptors (Lipinski definition) is 4. The number of anilines is 1. The van der Waals surface area contributed by atoms with E-state index in [9.17, 15) is 5.11 Å². The number of pyridine rings is 1. The van der Waals surface area contributed by atoms with Gasteiger partial charge in [0.05, 0.1) is 18.3 Å². The van der Waals surface area contributed by atoms with E-state index >= 15 is 0 Å². The summed E-state index contributed by atoms with van der Waals surface area (Å²) in [6.45, 7) is 5.36. The van der Waals surface area contributed by atoms with Crippen LogP contribution in [0, 0.1) is 0 Å². The molecule has 0 aliphatic rings. The van der Waals surface area contributed by atoms with Gasteiger partial charge in [-0.25, -0.2) is 9.98 Å². The number of rotatable bonds is 7. The summed E-state index contributed by atoms with van der Waals surface area (Å²) in [6.07, 6.45) is 3.67. The van der Waals surface area contributed by atoms with Gasteiger partial charge in [-0.05, 0) is 37.4 Å². The fraction of sp³-hybridized carbons (Fsp3) is 0.143. The van der Waals surface area contributed by atoms with Gasteiger partial charge in [0.15, 0.2) is 0 Å². The van der Waals surface area contributed by atoms with Crippen LogP contribution in [0.4, 0.5) is 11.6 Å². The molecule has 0 fully saturated rings. The number of nitrogens with one attached hydrogen (secondary N) is 2. The smallest absolute Gasteiger partial charge is 0.137 e. The Morgan fingerprint density at radius 1 is 1.30 bits per heavy atom. The summed E-state index contributed by atoms with van der Waals surface area (Å²) in [7, 11) is 0. The lowest BCUT2D eigenvalue weighted by atomic mass is 10.1. The van der Waals surface area contributed by atoms with Crippen LogP contribution in [0.1, 0.15) is 24.1 Å². The van der Waals surface area contributed by atoms with Crippen LogP contribution in [0.3, 0.4) is 0 Å². The maximum Gasteiger partial charge on any atom is 0.137 e. The first-order valence-corrected chi connectivity index (χ1v) is 8.92. The van der Waals surface area contributed by atoms with Gasteiger partial charge in [0.1, 0.15) is 11.6 Å². The Kier molecular flexibility index (Phi) is 6.06. The lowest BCUT2D eigenvalue weighted by Gasteiger charge is -2.17. The first-order valence-electron chi connectivity index (χ1n) is 8.54. The van der Waals surface area contributed by atoms with Gasteiger partial charge in [0.2, 0.25) is 0 Å². The van der Waals surface area contributed by atoms with E-state index in [1.165, 1.54) is 0 Å². The number of aliphatic hydroxyl groups excluding tert-OH is 1. The van der Waals surface area contributed by atoms with E-state index in [-0.39, 0.29) is 12.6 Å². The molecule has 0 saturated carbocycles. The summed E-state index contributed by atoms with van der Waals surface area (Å²) >= 11 is 6.07. The number of allylic oxidation sites excluding steroid dienone is 1. The summed E-state index contributed by atoms with van der Waals surface area (Å²) in [5.74, 6) is 1.31. The zero-order valence-corrected chi connectivity index (χ0v) is 15.7. The molecule has 2 aromatic heterocycles. The van der Waals surface area contributed by atoms with Gasteiger partial charge in [-0.2, -0.15) is 0 Å². The van der Waals surface area contributed by atoms with Crippen molar-refractivity contribution in [3.8, 4) is 11.3 Å². The highest BCUT2D eigenvalue weighted by molar-refractivity contribution is 6.31. The first-order chi connectivity index (χ1) is 13.1. The number of aliphatic hydroxyl groups is 1. The predicted octanol–water partition coefficient (Wildman–Crippen LogP) is 5.15. The van der Waals surface area contributed by atoms with Crippen LogP contribution in [0.15, 0.2) is 64.8 Å². The Morgan fingerprint density at radius 3 is 2.74 bits per heavy atom. The van der Waals surface area contributed by atoms with E-state index in [1.54, 1.807) is 0 Å². The van der Waals surface area contributed by atoms with Crippen molar-refractivity contribution in [2.75, 3.05) is 11.9 Å². The highest BCUT2D eigenvalue weighted by Gasteiger charge is 2.14. The number of hydrogen-bond donors (Lipinski definition) is 3. The van der Waals surface area contributed by atoms with E-state index < -0.39 is 0 Å². The predicted molar refractivity (Wildman–Crippen MR) is 113 cm³/mol. The van der Waals surface area contributed by atoms with Crippen LogP contribution < -0.4 is 5.32 Å². The third-order valence-corrected chi connectivity index (χ3v) is 4.24. The molecule has 3 rings (SSSR count). The summed E-state index contributed by atoms with van der Waals surface area (Å²) in [5, 5.41) is 13.7. The van der Waals surface area contributed by atoms with Gasteiger partial charge in [0, 0.05) is 22.4 Å². The Balaban J connectivity index is 1.94. The first kappa shape index (κ1) is 18.9. The van der Waals surface area contributed by atoms with Crippen molar-refractivity contribution < 1.29 is 5.11 Å². The third-order valence-electron chi connectivity index (χ3n) is 4.13. The SMILES string of the molecule is C=Nc1[nH]cc(-c2cccc(N[C@H](CO)c3ccccc3)n2)c1/C=C(\C)Cl. The second kappa shape index (κ2) is 8.66. The number of H-pyrrole nitrogens is 1. The van der Waals surface area contributed by atoms with Crippen LogP contribution >= 0.6 is 11.6 Å². The molecular weight excluding hydrogens is 360 g/mol. The van der Waals surface area contributed by atoms with Gasteiger partial charge in [0.25, 0.3) is 0 Å². The van der Waals surface area contributed by atoms with Crippen molar-refractivity contribution in [3.05, 3.63) is 70.9 Å². The van der Waals surface area contributed by atoms with Gasteiger partial charge in [-0.1, -0.05) is 48.0 Å². The molecule has 0 amide bonds.